The third-order valence-electron chi connectivity index (χ3n) is 5.34. The second-order valence-corrected chi connectivity index (χ2v) is 9.51. The molecule has 0 aliphatic rings. The van der Waals surface area contributed by atoms with E-state index in [1.54, 1.807) is 22.8 Å². The maximum absolute atomic E-state index is 13.8. The van der Waals surface area contributed by atoms with Crippen LogP contribution in [0.2, 0.25) is 0 Å². The molecule has 7 nitrogen and oxygen atoms in total. The monoisotopic (exact) mass is 512 g/mol. The van der Waals surface area contributed by atoms with Crippen LogP contribution in [-0.4, -0.2) is 32.5 Å². The minimum atomic E-state index is -0.364. The zero-order valence-corrected chi connectivity index (χ0v) is 20.5. The molecule has 0 bridgehead atoms. The fourth-order valence-electron chi connectivity index (χ4n) is 3.64. The number of carbonyl (C=O) groups excluding carboxylic acids is 1. The number of fused-ring (bicyclic) bond motifs is 1. The van der Waals surface area contributed by atoms with E-state index in [1.807, 2.05) is 66.0 Å². The lowest BCUT2D eigenvalue weighted by Gasteiger charge is -2.12. The third kappa shape index (κ3) is 4.93. The number of phenolic OH excluding ortho intramolecular Hbond substituents is 1. The van der Waals surface area contributed by atoms with Gasteiger partial charge >= 0.3 is 0 Å². The smallest absolute Gasteiger partial charge is 0.268 e. The third-order valence-corrected chi connectivity index (χ3v) is 7.15. The van der Waals surface area contributed by atoms with E-state index in [0.717, 1.165) is 22.9 Å². The molecule has 9 heteroatoms. The number of aromatic hydroxyl groups is 1. The SMILES string of the molecule is O=C(CSc1nc2scc(-c3ccccc3)c2c(=O)n1-c1ccccc1)N/N=C\c1ccccc1O. The highest BCUT2D eigenvalue weighted by atomic mass is 32.2. The van der Waals surface area contributed by atoms with Gasteiger partial charge in [0.05, 0.1) is 23.0 Å². The summed E-state index contributed by atoms with van der Waals surface area (Å²) >= 11 is 2.56. The summed E-state index contributed by atoms with van der Waals surface area (Å²) in [6.07, 6.45) is 1.37. The topological polar surface area (TPSA) is 96.6 Å². The second-order valence-electron chi connectivity index (χ2n) is 7.71. The molecular weight excluding hydrogens is 492 g/mol. The number of hydrogen-bond donors (Lipinski definition) is 2. The summed E-state index contributed by atoms with van der Waals surface area (Å²) in [4.78, 5) is 31.6. The number of phenols is 1. The van der Waals surface area contributed by atoms with Gasteiger partial charge in [-0.15, -0.1) is 11.3 Å². The van der Waals surface area contributed by atoms with Gasteiger partial charge in [-0.05, 0) is 29.8 Å². The summed E-state index contributed by atoms with van der Waals surface area (Å²) in [5, 5.41) is 16.6. The van der Waals surface area contributed by atoms with E-state index in [9.17, 15) is 14.7 Å². The predicted molar refractivity (Wildman–Crippen MR) is 145 cm³/mol. The van der Waals surface area contributed by atoms with Gasteiger partial charge in [-0.2, -0.15) is 5.10 Å². The first-order valence-electron chi connectivity index (χ1n) is 11.0. The van der Waals surface area contributed by atoms with E-state index in [1.165, 1.54) is 23.6 Å². The molecule has 0 unspecified atom stereocenters. The van der Waals surface area contributed by atoms with Crippen LogP contribution in [-0.2, 0) is 4.79 Å². The van der Waals surface area contributed by atoms with E-state index < -0.39 is 0 Å². The highest BCUT2D eigenvalue weighted by Crippen LogP contribution is 2.32. The number of thioether (sulfide) groups is 1. The number of benzene rings is 3. The highest BCUT2D eigenvalue weighted by molar-refractivity contribution is 7.99. The van der Waals surface area contributed by atoms with Crippen molar-refractivity contribution >= 4 is 45.4 Å². The van der Waals surface area contributed by atoms with E-state index >= 15 is 0 Å². The lowest BCUT2D eigenvalue weighted by atomic mass is 10.1. The van der Waals surface area contributed by atoms with Crippen molar-refractivity contribution in [3.05, 3.63) is 106 Å². The summed E-state index contributed by atoms with van der Waals surface area (Å²) in [5.41, 5.74) is 5.21. The molecule has 0 aliphatic carbocycles. The number of hydrogen-bond acceptors (Lipinski definition) is 7. The lowest BCUT2D eigenvalue weighted by molar-refractivity contribution is -0.118. The Balaban J connectivity index is 1.45. The van der Waals surface area contributed by atoms with Gasteiger partial charge in [0.15, 0.2) is 5.16 Å². The number of carbonyl (C=O) groups is 1. The maximum atomic E-state index is 13.8. The van der Waals surface area contributed by atoms with Crippen molar-refractivity contribution in [2.45, 2.75) is 5.16 Å². The predicted octanol–water partition coefficient (Wildman–Crippen LogP) is 5.06. The minimum absolute atomic E-state index is 0.000189. The number of rotatable bonds is 7. The number of thiophene rings is 1. The Bertz CT molecular complexity index is 1610. The van der Waals surface area contributed by atoms with Gasteiger partial charge in [0, 0.05) is 16.5 Å². The first-order chi connectivity index (χ1) is 17.6. The van der Waals surface area contributed by atoms with E-state index in [2.05, 4.69) is 10.5 Å². The van der Waals surface area contributed by atoms with Crippen LogP contribution in [0.5, 0.6) is 5.75 Å². The standard InChI is InChI=1S/C27H20N4O3S2/c32-22-14-8-7-11-19(22)15-28-30-23(33)17-36-27-29-25-24(21(16-35-25)18-9-3-1-4-10-18)26(34)31(27)20-12-5-2-6-13-20/h1-16,32H,17H2,(H,30,33)/b28-15-. The van der Waals surface area contributed by atoms with Gasteiger partial charge in [0.2, 0.25) is 0 Å². The minimum Gasteiger partial charge on any atom is -0.507 e. The zero-order chi connectivity index (χ0) is 24.9. The summed E-state index contributed by atoms with van der Waals surface area (Å²) in [6, 6.07) is 25.7. The average molecular weight is 513 g/mol. The van der Waals surface area contributed by atoms with Gasteiger partial charge in [-0.1, -0.05) is 72.4 Å². The first-order valence-corrected chi connectivity index (χ1v) is 12.9. The molecule has 3 aromatic carbocycles. The molecule has 1 amide bonds. The second kappa shape index (κ2) is 10.6. The fraction of sp³-hybridized carbons (Fsp3) is 0.0370. The van der Waals surface area contributed by atoms with Crippen molar-refractivity contribution in [3.8, 4) is 22.6 Å². The molecule has 0 saturated carbocycles. The Hall–Kier alpha value is -4.21. The van der Waals surface area contributed by atoms with Crippen LogP contribution >= 0.6 is 23.1 Å². The molecule has 0 aliphatic heterocycles. The van der Waals surface area contributed by atoms with Gasteiger partial charge in [-0.3, -0.25) is 14.2 Å². The summed E-state index contributed by atoms with van der Waals surface area (Å²) in [7, 11) is 0. The zero-order valence-electron chi connectivity index (χ0n) is 18.9. The quantitative estimate of drug-likeness (QED) is 0.138. The Morgan fingerprint density at radius 2 is 1.72 bits per heavy atom. The van der Waals surface area contributed by atoms with Crippen LogP contribution in [0, 0.1) is 0 Å². The molecule has 0 spiro atoms. The molecule has 0 fully saturated rings. The Kier molecular flexibility index (Phi) is 6.92. The number of aromatic nitrogens is 2. The maximum Gasteiger partial charge on any atom is 0.268 e. The molecule has 5 rings (SSSR count). The molecule has 178 valence electrons. The first kappa shape index (κ1) is 23.5. The summed E-state index contributed by atoms with van der Waals surface area (Å²) in [6.45, 7) is 0. The van der Waals surface area contributed by atoms with Crippen LogP contribution in [0.1, 0.15) is 5.56 Å². The fourth-order valence-corrected chi connectivity index (χ4v) is 5.43. The largest absolute Gasteiger partial charge is 0.507 e. The average Bonchev–Trinajstić information content (AvgIpc) is 3.34. The van der Waals surface area contributed by atoms with Gasteiger partial charge in [0.25, 0.3) is 11.5 Å². The van der Waals surface area contributed by atoms with Crippen molar-refractivity contribution < 1.29 is 9.90 Å². The van der Waals surface area contributed by atoms with E-state index in [4.69, 9.17) is 4.98 Å². The molecule has 0 atom stereocenters. The van der Waals surface area contributed by atoms with Crippen molar-refractivity contribution in [2.24, 2.45) is 5.10 Å². The lowest BCUT2D eigenvalue weighted by Crippen LogP contribution is -2.24. The number of para-hydroxylation sites is 2. The van der Waals surface area contributed by atoms with Crippen LogP contribution in [0.4, 0.5) is 0 Å². The van der Waals surface area contributed by atoms with Crippen molar-refractivity contribution in [1.29, 1.82) is 0 Å². The Labute approximate surface area is 214 Å². The Morgan fingerprint density at radius 1 is 1.03 bits per heavy atom. The van der Waals surface area contributed by atoms with Crippen LogP contribution in [0.15, 0.2) is 105 Å². The Morgan fingerprint density at radius 3 is 2.47 bits per heavy atom. The highest BCUT2D eigenvalue weighted by Gasteiger charge is 2.19. The van der Waals surface area contributed by atoms with E-state index in [-0.39, 0.29) is 23.0 Å². The van der Waals surface area contributed by atoms with Gasteiger partial charge in [-0.25, -0.2) is 10.4 Å². The van der Waals surface area contributed by atoms with Crippen LogP contribution in [0.25, 0.3) is 27.0 Å². The number of nitrogens with one attached hydrogen (secondary N) is 1. The van der Waals surface area contributed by atoms with Crippen LogP contribution in [0.3, 0.4) is 0 Å². The van der Waals surface area contributed by atoms with Crippen LogP contribution < -0.4 is 11.0 Å². The number of amides is 1. The molecular formula is C27H20N4O3S2. The molecule has 0 radical (unpaired) electrons. The molecule has 0 saturated heterocycles. The molecule has 2 aromatic heterocycles. The molecule has 5 aromatic rings. The molecule has 2 heterocycles. The summed E-state index contributed by atoms with van der Waals surface area (Å²) < 4.78 is 1.55. The molecule has 36 heavy (non-hydrogen) atoms. The van der Waals surface area contributed by atoms with Crippen molar-refractivity contribution in [3.63, 3.8) is 0 Å². The molecule has 2 N–H and O–H groups in total. The normalized spacial score (nSPS) is 11.2. The van der Waals surface area contributed by atoms with Gasteiger partial charge in [0.1, 0.15) is 10.6 Å². The number of nitrogens with zero attached hydrogens (tertiary/aromatic N) is 3. The summed E-state index contributed by atoms with van der Waals surface area (Å²) in [5.74, 6) is -0.295. The van der Waals surface area contributed by atoms with Crippen molar-refractivity contribution in [2.75, 3.05) is 5.75 Å². The van der Waals surface area contributed by atoms with E-state index in [0.29, 0.717) is 26.6 Å². The number of hydrazone groups is 1. The van der Waals surface area contributed by atoms with Gasteiger partial charge < -0.3 is 5.11 Å². The van der Waals surface area contributed by atoms with Crippen molar-refractivity contribution in [1.82, 2.24) is 15.0 Å².